The van der Waals surface area contributed by atoms with Crippen LogP contribution in [0, 0.1) is 0 Å². The van der Waals surface area contributed by atoms with Crippen LogP contribution in [0.1, 0.15) is 43.0 Å². The van der Waals surface area contributed by atoms with E-state index < -0.39 is 15.9 Å². The van der Waals surface area contributed by atoms with Gasteiger partial charge in [-0.3, -0.25) is 4.79 Å². The van der Waals surface area contributed by atoms with Gasteiger partial charge in [0.05, 0.1) is 25.2 Å². The van der Waals surface area contributed by atoms with E-state index in [1.54, 1.807) is 28.1 Å². The Balaban J connectivity index is 1.64. The van der Waals surface area contributed by atoms with E-state index in [0.29, 0.717) is 32.5 Å². The van der Waals surface area contributed by atoms with Crippen LogP contribution >= 0.6 is 34.5 Å². The molecule has 1 amide bonds. The monoisotopic (exact) mass is 511 g/mol. The highest BCUT2D eigenvalue weighted by Gasteiger charge is 2.32. The lowest BCUT2D eigenvalue weighted by Crippen LogP contribution is -2.43. The fraction of sp³-hybridized carbons (Fsp3) is 0.364. The van der Waals surface area contributed by atoms with Crippen molar-refractivity contribution in [2.75, 3.05) is 6.54 Å². The van der Waals surface area contributed by atoms with Crippen LogP contribution in [0.3, 0.4) is 0 Å². The fourth-order valence-corrected chi connectivity index (χ4v) is 7.46. The van der Waals surface area contributed by atoms with Crippen molar-refractivity contribution in [3.63, 3.8) is 0 Å². The Bertz CT molecular complexity index is 1350. The van der Waals surface area contributed by atoms with Crippen LogP contribution in [0.5, 0.6) is 0 Å². The number of hydrogen-bond donors (Lipinski definition) is 0. The first kappa shape index (κ1) is 23.4. The number of aromatic nitrogens is 1. The number of nitrogens with zero attached hydrogens (tertiary/aromatic N) is 3. The molecule has 0 N–H and O–H groups in total. The Morgan fingerprint density at radius 3 is 2.47 bits per heavy atom. The van der Waals surface area contributed by atoms with E-state index in [-0.39, 0.29) is 10.9 Å². The molecular weight excluding hydrogens is 489 g/mol. The summed E-state index contributed by atoms with van der Waals surface area (Å²) in [4.78, 5) is 17.6. The molecule has 2 aromatic carbocycles. The van der Waals surface area contributed by atoms with Crippen molar-refractivity contribution < 1.29 is 13.2 Å². The maximum atomic E-state index is 13.1. The molecule has 0 aliphatic carbocycles. The van der Waals surface area contributed by atoms with E-state index in [1.165, 1.54) is 35.6 Å². The Kier molecular flexibility index (Phi) is 6.79. The Hall–Kier alpha value is -1.71. The number of thiazole rings is 1. The summed E-state index contributed by atoms with van der Waals surface area (Å²) in [5, 5.41) is 1.06. The maximum absolute atomic E-state index is 13.1. The van der Waals surface area contributed by atoms with Crippen LogP contribution in [0.4, 0.5) is 0 Å². The quantitative estimate of drug-likeness (QED) is 0.480. The van der Waals surface area contributed by atoms with Gasteiger partial charge in [-0.15, -0.1) is 0 Å². The van der Waals surface area contributed by atoms with Gasteiger partial charge in [0.15, 0.2) is 4.80 Å². The molecule has 32 heavy (non-hydrogen) atoms. The molecule has 6 nitrogen and oxygen atoms in total. The number of rotatable bonds is 4. The summed E-state index contributed by atoms with van der Waals surface area (Å²) < 4.78 is 30.3. The summed E-state index contributed by atoms with van der Waals surface area (Å²) in [7, 11) is -1.83. The third-order valence-electron chi connectivity index (χ3n) is 5.80. The van der Waals surface area contributed by atoms with Gasteiger partial charge in [0, 0.05) is 25.2 Å². The molecule has 10 heteroatoms. The van der Waals surface area contributed by atoms with Crippen molar-refractivity contribution in [1.29, 1.82) is 0 Å². The minimum atomic E-state index is -3.60. The lowest BCUT2D eigenvalue weighted by Gasteiger charge is -2.34. The molecule has 0 bridgehead atoms. The number of fused-ring (bicyclic) bond motifs is 1. The average Bonchev–Trinajstić information content (AvgIpc) is 3.13. The van der Waals surface area contributed by atoms with Gasteiger partial charge in [-0.2, -0.15) is 9.30 Å². The lowest BCUT2D eigenvalue weighted by molar-refractivity contribution is 0.0998. The predicted molar refractivity (Wildman–Crippen MR) is 129 cm³/mol. The van der Waals surface area contributed by atoms with Crippen molar-refractivity contribution in [2.45, 2.75) is 43.5 Å². The zero-order valence-corrected chi connectivity index (χ0v) is 20.9. The minimum absolute atomic E-state index is 0.0247. The topological polar surface area (TPSA) is 71.7 Å². The molecule has 1 unspecified atom stereocenters. The molecule has 3 aromatic rings. The Morgan fingerprint density at radius 1 is 1.12 bits per heavy atom. The van der Waals surface area contributed by atoms with Crippen LogP contribution in [-0.2, 0) is 17.1 Å². The third kappa shape index (κ3) is 4.26. The highest BCUT2D eigenvalue weighted by Crippen LogP contribution is 2.31. The molecule has 0 radical (unpaired) electrons. The van der Waals surface area contributed by atoms with Gasteiger partial charge in [-0.25, -0.2) is 8.42 Å². The fourth-order valence-electron chi connectivity index (χ4n) is 4.04. The summed E-state index contributed by atoms with van der Waals surface area (Å²) in [5.41, 5.74) is 1.02. The van der Waals surface area contributed by atoms with Gasteiger partial charge < -0.3 is 4.57 Å². The van der Waals surface area contributed by atoms with Gasteiger partial charge in [-0.1, -0.05) is 47.9 Å². The highest BCUT2D eigenvalue weighted by atomic mass is 35.5. The number of carbonyl (C=O) groups excluding carboxylic acids is 1. The molecule has 1 aliphatic rings. The van der Waals surface area contributed by atoms with E-state index >= 15 is 0 Å². The lowest BCUT2D eigenvalue weighted by atomic mass is 10.0. The number of sulfonamides is 1. The SMILES string of the molecule is CCC1CCCCN1S(=O)(=O)c1ccc(C(=O)N=c2sc3c(Cl)ccc(Cl)c3n2C)cc1. The van der Waals surface area contributed by atoms with Crippen LogP contribution in [-0.4, -0.2) is 35.8 Å². The molecule has 1 aromatic heterocycles. The molecule has 170 valence electrons. The van der Waals surface area contributed by atoms with Crippen molar-refractivity contribution in [2.24, 2.45) is 12.0 Å². The van der Waals surface area contributed by atoms with E-state index in [0.717, 1.165) is 30.4 Å². The first-order chi connectivity index (χ1) is 15.2. The number of benzene rings is 2. The number of carbonyl (C=O) groups is 1. The van der Waals surface area contributed by atoms with Crippen LogP contribution in [0.2, 0.25) is 10.0 Å². The summed E-state index contributed by atoms with van der Waals surface area (Å²) in [6.45, 7) is 2.54. The van der Waals surface area contributed by atoms with Gasteiger partial charge in [0.25, 0.3) is 5.91 Å². The van der Waals surface area contributed by atoms with E-state index in [9.17, 15) is 13.2 Å². The minimum Gasteiger partial charge on any atom is -0.318 e. The number of piperidine rings is 1. The number of hydrogen-bond acceptors (Lipinski definition) is 4. The largest absolute Gasteiger partial charge is 0.318 e. The highest BCUT2D eigenvalue weighted by molar-refractivity contribution is 7.89. The van der Waals surface area contributed by atoms with Gasteiger partial charge in [0.2, 0.25) is 10.0 Å². The standard InChI is InChI=1S/C22H23Cl2N3O3S2/c1-3-15-6-4-5-13-27(15)32(29,30)16-9-7-14(8-10-16)21(28)25-22-26(2)19-17(23)11-12-18(24)20(19)31-22/h7-12,15H,3-6,13H2,1-2H3. The van der Waals surface area contributed by atoms with Gasteiger partial charge >= 0.3 is 0 Å². The van der Waals surface area contributed by atoms with E-state index in [1.807, 2.05) is 6.92 Å². The molecule has 1 saturated heterocycles. The van der Waals surface area contributed by atoms with Gasteiger partial charge in [-0.05, 0) is 55.7 Å². The first-order valence-electron chi connectivity index (χ1n) is 10.4. The summed E-state index contributed by atoms with van der Waals surface area (Å²) >= 11 is 13.8. The van der Waals surface area contributed by atoms with E-state index in [4.69, 9.17) is 23.2 Å². The average molecular weight is 512 g/mol. The van der Waals surface area contributed by atoms with Crippen molar-refractivity contribution in [3.05, 3.63) is 56.8 Å². The summed E-state index contributed by atoms with van der Waals surface area (Å²) in [6, 6.07) is 9.43. The summed E-state index contributed by atoms with van der Waals surface area (Å²) in [5.74, 6) is -0.465. The third-order valence-corrected chi connectivity index (χ3v) is 9.66. The number of aryl methyl sites for hydroxylation is 1. The van der Waals surface area contributed by atoms with Crippen LogP contribution < -0.4 is 4.80 Å². The van der Waals surface area contributed by atoms with Crippen molar-refractivity contribution in [3.8, 4) is 0 Å². The molecule has 4 rings (SSSR count). The number of amides is 1. The molecule has 0 spiro atoms. The normalized spacial score (nSPS) is 18.4. The van der Waals surface area contributed by atoms with Gasteiger partial charge in [0.1, 0.15) is 0 Å². The van der Waals surface area contributed by atoms with Crippen molar-refractivity contribution in [1.82, 2.24) is 8.87 Å². The smallest absolute Gasteiger partial charge is 0.279 e. The summed E-state index contributed by atoms with van der Waals surface area (Å²) in [6.07, 6.45) is 3.58. The molecule has 2 heterocycles. The van der Waals surface area contributed by atoms with Crippen LogP contribution in [0.25, 0.3) is 10.2 Å². The van der Waals surface area contributed by atoms with Crippen LogP contribution in [0.15, 0.2) is 46.3 Å². The molecule has 0 saturated carbocycles. The predicted octanol–water partition coefficient (Wildman–Crippen LogP) is 5.24. The molecule has 1 aliphatic heterocycles. The number of halogens is 2. The Morgan fingerprint density at radius 2 is 1.81 bits per heavy atom. The maximum Gasteiger partial charge on any atom is 0.279 e. The molecule has 1 fully saturated rings. The zero-order chi connectivity index (χ0) is 23.0. The molecular formula is C22H23Cl2N3O3S2. The van der Waals surface area contributed by atoms with E-state index in [2.05, 4.69) is 4.99 Å². The molecule has 1 atom stereocenters. The first-order valence-corrected chi connectivity index (χ1v) is 13.4. The second-order valence-corrected chi connectivity index (χ2v) is 11.4. The second kappa shape index (κ2) is 9.27. The Labute approximate surface area is 201 Å². The second-order valence-electron chi connectivity index (χ2n) is 7.77. The zero-order valence-electron chi connectivity index (χ0n) is 17.7. The van der Waals surface area contributed by atoms with Crippen molar-refractivity contribution >= 4 is 60.7 Å².